The van der Waals surface area contributed by atoms with Crippen molar-refractivity contribution < 1.29 is 63.5 Å². The fourth-order valence-corrected chi connectivity index (χ4v) is 13.0. The van der Waals surface area contributed by atoms with E-state index in [0.29, 0.717) is 18.4 Å². The standard InChI is InChI=1S/C44H58O13/c1-22(2)18-32(47)52-29-14-10-11-15-31(46)53-34-23(3)19-30-41(34,50)38(48)40(21-45)36(54-40)33-37-43(51,39(6,49)20-26-16-17-28(29)24(26)4)35-25(5)42(30,33)57-44(55-35,56-37)27-12-8-7-9-13-27/h7-15,22-26,28-30,33-38,45,48-51H,16-21H2,1-6H3/b14-10+,15-11+/t23-,24-,25+,26-,28-,29+,30-,33-,34+,35+,36-,37+,38+,39-,40-,41-,42-,43+,44+/m1/s1. The lowest BCUT2D eigenvalue weighted by atomic mass is 9.49. The Morgan fingerprint density at radius 1 is 0.965 bits per heavy atom. The molecule has 57 heavy (non-hydrogen) atoms. The second-order valence-electron chi connectivity index (χ2n) is 19.3. The number of aliphatic hydroxyl groups excluding tert-OH is 2. The molecule has 10 rings (SSSR count). The number of rotatable bonds is 5. The summed E-state index contributed by atoms with van der Waals surface area (Å²) in [4.78, 5) is 26.7. The highest BCUT2D eigenvalue weighted by Crippen LogP contribution is 2.75. The van der Waals surface area contributed by atoms with E-state index in [2.05, 4.69) is 6.92 Å². The maximum atomic E-state index is 13.7. The molecule has 13 heteroatoms. The van der Waals surface area contributed by atoms with Crippen LogP contribution in [0.25, 0.3) is 0 Å². The number of benzene rings is 1. The fraction of sp³-hybridized carbons (Fsp3) is 0.727. The molecule has 9 aliphatic rings. The number of ether oxygens (including phenoxy) is 6. The van der Waals surface area contributed by atoms with E-state index in [9.17, 15) is 35.1 Å². The van der Waals surface area contributed by atoms with Gasteiger partial charge in [0, 0.05) is 41.7 Å². The zero-order valence-corrected chi connectivity index (χ0v) is 33.5. The molecular weight excluding hydrogens is 736 g/mol. The Morgan fingerprint density at radius 3 is 2.39 bits per heavy atom. The first-order valence-corrected chi connectivity index (χ1v) is 20.9. The van der Waals surface area contributed by atoms with Gasteiger partial charge in [-0.05, 0) is 62.4 Å². The molecule has 5 N–H and O–H groups in total. The fourth-order valence-electron chi connectivity index (χ4n) is 13.0. The van der Waals surface area contributed by atoms with Crippen molar-refractivity contribution in [2.45, 2.75) is 144 Å². The van der Waals surface area contributed by atoms with Gasteiger partial charge in [0.1, 0.15) is 53.4 Å². The van der Waals surface area contributed by atoms with Crippen molar-refractivity contribution in [1.29, 1.82) is 0 Å². The van der Waals surface area contributed by atoms with Crippen LogP contribution in [-0.4, -0.2) is 109 Å². The highest BCUT2D eigenvalue weighted by molar-refractivity contribution is 5.82. The second-order valence-corrected chi connectivity index (χ2v) is 19.3. The first kappa shape index (κ1) is 39.7. The summed E-state index contributed by atoms with van der Waals surface area (Å²) in [5.74, 6) is -6.33. The largest absolute Gasteiger partial charge is 0.458 e. The average Bonchev–Trinajstić information content (AvgIpc) is 3.72. The quantitative estimate of drug-likeness (QED) is 0.216. The lowest BCUT2D eigenvalue weighted by molar-refractivity contribution is -0.595. The molecule has 0 amide bonds. The smallest absolute Gasteiger partial charge is 0.331 e. The molecule has 13 nitrogen and oxygen atoms in total. The maximum absolute atomic E-state index is 13.7. The van der Waals surface area contributed by atoms with Gasteiger partial charge in [-0.2, -0.15) is 0 Å². The van der Waals surface area contributed by atoms with Crippen molar-refractivity contribution in [1.82, 2.24) is 0 Å². The molecule has 19 atom stereocenters. The number of aliphatic hydroxyl groups is 5. The number of carbonyl (C=O) groups is 2. The summed E-state index contributed by atoms with van der Waals surface area (Å²) in [5.41, 5.74) is -8.82. The Morgan fingerprint density at radius 2 is 1.68 bits per heavy atom. The van der Waals surface area contributed by atoms with E-state index in [-0.39, 0.29) is 48.9 Å². The zero-order valence-electron chi connectivity index (χ0n) is 33.5. The molecule has 10 bridgehead atoms. The predicted octanol–water partition coefficient (Wildman–Crippen LogP) is 3.04. The number of allylic oxidation sites excluding steroid dienone is 2. The van der Waals surface area contributed by atoms with Crippen LogP contribution in [0.5, 0.6) is 0 Å². The number of hydrogen-bond donors (Lipinski definition) is 5. The number of esters is 2. The first-order chi connectivity index (χ1) is 26.9. The second kappa shape index (κ2) is 13.1. The minimum atomic E-state index is -2.21. The van der Waals surface area contributed by atoms with Gasteiger partial charge in [-0.15, -0.1) is 0 Å². The van der Waals surface area contributed by atoms with Crippen molar-refractivity contribution >= 4 is 11.9 Å². The average molecular weight is 795 g/mol. The molecule has 312 valence electrons. The van der Waals surface area contributed by atoms with E-state index in [1.165, 1.54) is 12.2 Å². The Labute approximate surface area is 333 Å². The van der Waals surface area contributed by atoms with Crippen LogP contribution in [0, 0.1) is 47.3 Å². The number of epoxide rings is 1. The van der Waals surface area contributed by atoms with Crippen molar-refractivity contribution in [3.05, 3.63) is 60.2 Å². The summed E-state index contributed by atoms with van der Waals surface area (Å²) in [6, 6.07) is 9.04. The van der Waals surface area contributed by atoms with Gasteiger partial charge >= 0.3 is 17.9 Å². The van der Waals surface area contributed by atoms with E-state index < -0.39 is 107 Å². The summed E-state index contributed by atoms with van der Waals surface area (Å²) >= 11 is 0. The van der Waals surface area contributed by atoms with Crippen molar-refractivity contribution in [2.75, 3.05) is 6.61 Å². The van der Waals surface area contributed by atoms with E-state index >= 15 is 0 Å². The summed E-state index contributed by atoms with van der Waals surface area (Å²) < 4.78 is 39.5. The number of fused-ring (bicyclic) bond motifs is 3. The zero-order chi connectivity index (χ0) is 40.7. The maximum Gasteiger partial charge on any atom is 0.331 e. The Bertz CT molecular complexity index is 1830. The SMILES string of the molecule is CC(C)CC(=O)O[C@H]1/C=C/C=C/C(=O)O[C@H]2[C@H](C)C[C@@H]3[C@]2(O)[C@@H](O)[C@]2(CO)O[C@@H]2[C@@H]2[C@@H]4O[C@]5(c6ccccc6)O[C@@H]([C@H](C)[C@]23O5)[C@@]4(O)[C@](C)(O)C[C@H]2CC[C@@H]1[C@@H]2C. The monoisotopic (exact) mass is 794 g/mol. The van der Waals surface area contributed by atoms with Crippen LogP contribution in [0.15, 0.2) is 54.6 Å². The molecule has 5 aliphatic heterocycles. The van der Waals surface area contributed by atoms with Crippen LogP contribution in [0.1, 0.15) is 79.2 Å². The molecule has 4 saturated carbocycles. The summed E-state index contributed by atoms with van der Waals surface area (Å²) in [6.07, 6.45) is 1.15. The Hall–Kier alpha value is -2.72. The lowest BCUT2D eigenvalue weighted by Gasteiger charge is -2.74. The molecule has 1 aromatic carbocycles. The molecule has 4 aliphatic carbocycles. The molecule has 1 spiro atoms. The van der Waals surface area contributed by atoms with Crippen LogP contribution in [0.4, 0.5) is 0 Å². The van der Waals surface area contributed by atoms with E-state index in [1.54, 1.807) is 31.2 Å². The third-order valence-electron chi connectivity index (χ3n) is 15.8. The van der Waals surface area contributed by atoms with E-state index in [4.69, 9.17) is 28.4 Å². The van der Waals surface area contributed by atoms with Crippen molar-refractivity contribution in [3.63, 3.8) is 0 Å². The predicted molar refractivity (Wildman–Crippen MR) is 200 cm³/mol. The van der Waals surface area contributed by atoms with Crippen LogP contribution in [0.2, 0.25) is 0 Å². The highest BCUT2D eigenvalue weighted by atomic mass is 16.9. The third kappa shape index (κ3) is 5.26. The molecule has 8 fully saturated rings. The van der Waals surface area contributed by atoms with Gasteiger partial charge in [-0.1, -0.05) is 77.1 Å². The van der Waals surface area contributed by atoms with Crippen LogP contribution in [0.3, 0.4) is 0 Å². The van der Waals surface area contributed by atoms with Crippen LogP contribution >= 0.6 is 0 Å². The molecule has 0 radical (unpaired) electrons. The van der Waals surface area contributed by atoms with Crippen LogP contribution in [-0.2, 0) is 44.0 Å². The Kier molecular flexibility index (Phi) is 9.16. The molecule has 0 aromatic heterocycles. The van der Waals surface area contributed by atoms with Gasteiger partial charge in [-0.25, -0.2) is 4.79 Å². The topological polar surface area (TPSA) is 194 Å². The van der Waals surface area contributed by atoms with Crippen LogP contribution < -0.4 is 0 Å². The van der Waals surface area contributed by atoms with E-state index in [1.807, 2.05) is 45.9 Å². The van der Waals surface area contributed by atoms with Gasteiger partial charge < -0.3 is 54.0 Å². The highest BCUT2D eigenvalue weighted by Gasteiger charge is 2.91. The van der Waals surface area contributed by atoms with E-state index in [0.717, 1.165) is 0 Å². The summed E-state index contributed by atoms with van der Waals surface area (Å²) in [5, 5.41) is 63.3. The van der Waals surface area contributed by atoms with Gasteiger partial charge in [-0.3, -0.25) is 4.79 Å². The Balaban J connectivity index is 1.22. The number of hydrogen-bond acceptors (Lipinski definition) is 13. The normalized spacial score (nSPS) is 54.4. The minimum absolute atomic E-state index is 0.0620. The lowest BCUT2D eigenvalue weighted by Crippen LogP contribution is -2.89. The van der Waals surface area contributed by atoms with Gasteiger partial charge in [0.2, 0.25) is 0 Å². The molecule has 1 aromatic rings. The first-order valence-electron chi connectivity index (χ1n) is 20.9. The van der Waals surface area contributed by atoms with Gasteiger partial charge in [0.05, 0.1) is 17.8 Å². The minimum Gasteiger partial charge on any atom is -0.458 e. The molecule has 4 saturated heterocycles. The summed E-state index contributed by atoms with van der Waals surface area (Å²) in [6.45, 7) is 10.6. The molecule has 5 heterocycles. The van der Waals surface area contributed by atoms with Gasteiger partial charge in [0.25, 0.3) is 0 Å². The van der Waals surface area contributed by atoms with Crippen molar-refractivity contribution in [3.8, 4) is 0 Å². The molecular formula is C44H58O13. The third-order valence-corrected chi connectivity index (χ3v) is 15.8. The van der Waals surface area contributed by atoms with Gasteiger partial charge in [0.15, 0.2) is 0 Å². The summed E-state index contributed by atoms with van der Waals surface area (Å²) in [7, 11) is 0. The number of carbonyl (C=O) groups excluding carboxylic acids is 2. The van der Waals surface area contributed by atoms with Crippen molar-refractivity contribution in [2.24, 2.45) is 47.3 Å². The molecule has 0 unspecified atom stereocenters.